The van der Waals surface area contributed by atoms with E-state index in [0.29, 0.717) is 6.42 Å². The van der Waals surface area contributed by atoms with E-state index < -0.39 is 26.5 Å². The Bertz CT molecular complexity index is 994. The van der Waals surface area contributed by atoms with E-state index in [2.05, 4.69) is 50.3 Å². The fourth-order valence-electron chi connectivity index (χ4n) is 6.29. The van der Waals surface area contributed by atoms with Crippen molar-refractivity contribution in [3.63, 3.8) is 0 Å². The van der Waals surface area contributed by atoms with Gasteiger partial charge >= 0.3 is 19.8 Å². The largest absolute Gasteiger partial charge is 0.472 e. The number of hydrogen-bond donors (Lipinski definition) is 1. The number of phosphoric acid groups is 1. The molecule has 8 nitrogen and oxygen atoms in total. The van der Waals surface area contributed by atoms with Gasteiger partial charge in [0.1, 0.15) is 6.61 Å². The van der Waals surface area contributed by atoms with Crippen LogP contribution in [0.3, 0.4) is 0 Å². The van der Waals surface area contributed by atoms with E-state index in [1.54, 1.807) is 6.92 Å². The van der Waals surface area contributed by atoms with Crippen LogP contribution in [0.1, 0.15) is 220 Å². The SMILES string of the molecule is CCCC/C=C\C/C=C\CCCCCCCC(=O)OC(COC(=O)CCCCCCCCCCC/C=C\CCCCCCCCCC)COP(=O)(O)OCC. The molecule has 0 spiro atoms. The summed E-state index contributed by atoms with van der Waals surface area (Å²) in [5, 5.41) is 0. The topological polar surface area (TPSA) is 108 Å². The van der Waals surface area contributed by atoms with Gasteiger partial charge in [0.25, 0.3) is 0 Å². The van der Waals surface area contributed by atoms with Crippen LogP contribution < -0.4 is 0 Å². The van der Waals surface area contributed by atoms with Crippen molar-refractivity contribution >= 4 is 19.8 Å². The quantitative estimate of drug-likeness (QED) is 0.0281. The average Bonchev–Trinajstić information content (AvgIpc) is 3.16. The fourth-order valence-corrected chi connectivity index (χ4v) is 7.04. The molecule has 0 aromatic carbocycles. The van der Waals surface area contributed by atoms with E-state index in [1.807, 2.05) is 0 Å². The Kier molecular flexibility index (Phi) is 40.6. The summed E-state index contributed by atoms with van der Waals surface area (Å²) in [5.41, 5.74) is 0. The number of carbonyl (C=O) groups is 2. The maximum Gasteiger partial charge on any atom is 0.472 e. The molecule has 0 aliphatic heterocycles. The second-order valence-electron chi connectivity index (χ2n) is 15.1. The van der Waals surface area contributed by atoms with Crippen molar-refractivity contribution < 1.29 is 37.6 Å². The molecule has 0 saturated carbocycles. The molecule has 1 N–H and O–H groups in total. The minimum Gasteiger partial charge on any atom is -0.462 e. The Morgan fingerprint density at radius 3 is 1.36 bits per heavy atom. The second-order valence-corrected chi connectivity index (χ2v) is 16.5. The molecule has 322 valence electrons. The first-order chi connectivity index (χ1) is 26.8. The highest BCUT2D eigenvalue weighted by atomic mass is 31.2. The van der Waals surface area contributed by atoms with Crippen molar-refractivity contribution in [2.75, 3.05) is 19.8 Å². The van der Waals surface area contributed by atoms with Gasteiger partial charge in [0, 0.05) is 12.8 Å². The first-order valence-corrected chi connectivity index (χ1v) is 24.3. The first kappa shape index (κ1) is 53.3. The number of phosphoric ester groups is 1. The van der Waals surface area contributed by atoms with Crippen molar-refractivity contribution in [1.82, 2.24) is 0 Å². The minimum atomic E-state index is -4.28. The molecule has 0 heterocycles. The van der Waals surface area contributed by atoms with Gasteiger partial charge in [-0.15, -0.1) is 0 Å². The molecule has 0 amide bonds. The summed E-state index contributed by atoms with van der Waals surface area (Å²) in [7, 11) is -4.28. The van der Waals surface area contributed by atoms with Gasteiger partial charge in [0.2, 0.25) is 0 Å². The molecule has 9 heteroatoms. The van der Waals surface area contributed by atoms with Crippen LogP contribution in [-0.4, -0.2) is 42.8 Å². The van der Waals surface area contributed by atoms with Gasteiger partial charge in [-0.05, 0) is 71.1 Å². The lowest BCUT2D eigenvalue weighted by atomic mass is 10.1. The number of ether oxygens (including phenoxy) is 2. The van der Waals surface area contributed by atoms with Gasteiger partial charge in [0.05, 0.1) is 13.2 Å². The Morgan fingerprint density at radius 2 is 0.891 bits per heavy atom. The number of allylic oxidation sites excluding steroid dienone is 6. The summed E-state index contributed by atoms with van der Waals surface area (Å²) in [4.78, 5) is 34.8. The van der Waals surface area contributed by atoms with E-state index in [9.17, 15) is 19.0 Å². The zero-order chi connectivity index (χ0) is 40.3. The van der Waals surface area contributed by atoms with Gasteiger partial charge in [0.15, 0.2) is 6.10 Å². The molecule has 0 bridgehead atoms. The highest BCUT2D eigenvalue weighted by Crippen LogP contribution is 2.43. The fraction of sp³-hybridized carbons (Fsp3) is 0.826. The van der Waals surface area contributed by atoms with Crippen LogP contribution in [0.25, 0.3) is 0 Å². The lowest BCUT2D eigenvalue weighted by Gasteiger charge is -2.19. The predicted molar refractivity (Wildman–Crippen MR) is 230 cm³/mol. The van der Waals surface area contributed by atoms with Crippen molar-refractivity contribution in [3.8, 4) is 0 Å². The number of esters is 2. The molecule has 2 unspecified atom stereocenters. The minimum absolute atomic E-state index is 0.00268. The van der Waals surface area contributed by atoms with Gasteiger partial charge in [-0.1, -0.05) is 172 Å². The van der Waals surface area contributed by atoms with Crippen LogP contribution in [0.4, 0.5) is 0 Å². The summed E-state index contributed by atoms with van der Waals surface area (Å²) in [5.74, 6) is -0.812. The molecule has 0 aromatic heterocycles. The first-order valence-electron chi connectivity index (χ1n) is 22.8. The number of hydrogen-bond acceptors (Lipinski definition) is 7. The summed E-state index contributed by atoms with van der Waals surface area (Å²) < 4.78 is 32.7. The molecule has 0 aromatic rings. The molecule has 2 atom stereocenters. The lowest BCUT2D eigenvalue weighted by molar-refractivity contribution is -0.161. The summed E-state index contributed by atoms with van der Waals surface area (Å²) in [6, 6.07) is 0. The average molecular weight is 797 g/mol. The van der Waals surface area contributed by atoms with Gasteiger partial charge in [-0.25, -0.2) is 4.57 Å². The standard InChI is InChI=1S/C46H85O8P/c1-4-7-9-11-13-15-17-19-21-22-23-24-25-26-27-29-30-32-34-36-38-40-45(47)51-42-44(43-53-55(49,50)52-6-3)54-46(48)41-39-37-35-33-31-28-20-18-16-14-12-10-8-5-2/h12,14,18,20,22-23,44H,4-11,13,15-17,19,21,24-43H2,1-3H3,(H,49,50)/b14-12-,20-18-,23-22-. The van der Waals surface area contributed by atoms with Crippen molar-refractivity contribution in [2.45, 2.75) is 226 Å². The third kappa shape index (κ3) is 41.7. The van der Waals surface area contributed by atoms with E-state index in [1.165, 1.54) is 116 Å². The van der Waals surface area contributed by atoms with Gasteiger partial charge < -0.3 is 14.4 Å². The smallest absolute Gasteiger partial charge is 0.462 e. The van der Waals surface area contributed by atoms with Crippen molar-refractivity contribution in [3.05, 3.63) is 36.5 Å². The number of carbonyl (C=O) groups excluding carboxylic acids is 2. The van der Waals surface area contributed by atoms with E-state index >= 15 is 0 Å². The van der Waals surface area contributed by atoms with Crippen LogP contribution in [0.5, 0.6) is 0 Å². The zero-order valence-corrected chi connectivity index (χ0v) is 36.7. The van der Waals surface area contributed by atoms with Crippen molar-refractivity contribution in [1.29, 1.82) is 0 Å². The van der Waals surface area contributed by atoms with E-state index in [0.717, 1.165) is 64.2 Å². The van der Waals surface area contributed by atoms with Crippen LogP contribution >= 0.6 is 7.82 Å². The lowest BCUT2D eigenvalue weighted by Crippen LogP contribution is -2.29. The van der Waals surface area contributed by atoms with Crippen LogP contribution in [0.2, 0.25) is 0 Å². The molecule has 0 aliphatic carbocycles. The summed E-state index contributed by atoms with van der Waals surface area (Å²) in [6.07, 6.45) is 47.7. The molecular formula is C46H85O8P. The molecule has 0 radical (unpaired) electrons. The van der Waals surface area contributed by atoms with Crippen LogP contribution in [0, 0.1) is 0 Å². The Hall–Kier alpha value is -1.73. The Balaban J connectivity index is 4.02. The summed E-state index contributed by atoms with van der Waals surface area (Å²) in [6.45, 7) is 5.43. The third-order valence-corrected chi connectivity index (χ3v) is 10.7. The third-order valence-electron chi connectivity index (χ3n) is 9.67. The number of unbranched alkanes of at least 4 members (excludes halogenated alkanes) is 24. The molecule has 0 fully saturated rings. The highest BCUT2D eigenvalue weighted by Gasteiger charge is 2.25. The van der Waals surface area contributed by atoms with Crippen LogP contribution in [-0.2, 0) is 32.7 Å². The van der Waals surface area contributed by atoms with Crippen LogP contribution in [0.15, 0.2) is 36.5 Å². The summed E-state index contributed by atoms with van der Waals surface area (Å²) >= 11 is 0. The maximum absolute atomic E-state index is 12.5. The molecule has 0 saturated heterocycles. The van der Waals surface area contributed by atoms with Gasteiger partial charge in [-0.3, -0.25) is 18.6 Å². The molecule has 0 rings (SSSR count). The predicted octanol–water partition coefficient (Wildman–Crippen LogP) is 14.4. The van der Waals surface area contributed by atoms with Gasteiger partial charge in [-0.2, -0.15) is 0 Å². The number of rotatable bonds is 42. The second kappa shape index (κ2) is 41.9. The van der Waals surface area contributed by atoms with Crippen molar-refractivity contribution in [2.24, 2.45) is 0 Å². The molecule has 55 heavy (non-hydrogen) atoms. The molecular weight excluding hydrogens is 711 g/mol. The normalized spacial score (nSPS) is 13.6. The Labute approximate surface area is 338 Å². The monoisotopic (exact) mass is 797 g/mol. The highest BCUT2D eigenvalue weighted by molar-refractivity contribution is 7.47. The Morgan fingerprint density at radius 1 is 0.491 bits per heavy atom. The van der Waals surface area contributed by atoms with E-state index in [-0.39, 0.29) is 32.0 Å². The van der Waals surface area contributed by atoms with E-state index in [4.69, 9.17) is 18.5 Å². The zero-order valence-electron chi connectivity index (χ0n) is 35.8. The molecule has 0 aliphatic rings. The maximum atomic E-state index is 12.5.